The molecule has 0 radical (unpaired) electrons. The molecule has 0 amide bonds. The van der Waals surface area contributed by atoms with Gasteiger partial charge in [-0.3, -0.25) is 0 Å². The molecule has 10 aromatic rings. The number of hydrogen-bond donors (Lipinski definition) is 0. The second-order valence-corrected chi connectivity index (χ2v) is 18.9. The number of anilines is 3. The van der Waals surface area contributed by atoms with Crippen molar-refractivity contribution in [1.29, 1.82) is 0 Å². The summed E-state index contributed by atoms with van der Waals surface area (Å²) < 4.78 is 0. The molecule has 0 atom stereocenters. The third kappa shape index (κ3) is 6.29. The molecule has 0 aromatic heterocycles. The first-order chi connectivity index (χ1) is 31.7. The third-order valence-electron chi connectivity index (χ3n) is 14.5. The maximum atomic E-state index is 2.43. The Hall–Kier alpha value is -7.74. The van der Waals surface area contributed by atoms with Gasteiger partial charge in [-0.05, 0) is 148 Å². The summed E-state index contributed by atoms with van der Waals surface area (Å²) in [7, 11) is 0. The quantitative estimate of drug-likeness (QED) is 0.155. The zero-order chi connectivity index (χ0) is 43.9. The van der Waals surface area contributed by atoms with E-state index in [4.69, 9.17) is 0 Å². The summed E-state index contributed by atoms with van der Waals surface area (Å²) in [5, 5.41) is 2.61. The fourth-order valence-corrected chi connectivity index (χ4v) is 11.1. The maximum absolute atomic E-state index is 2.43. The predicted molar refractivity (Wildman–Crippen MR) is 276 cm³/mol. The van der Waals surface area contributed by atoms with Crippen LogP contribution in [0.1, 0.15) is 49.9 Å². The molecular weight excluding hydrogens is 783 g/mol. The van der Waals surface area contributed by atoms with Crippen molar-refractivity contribution in [3.8, 4) is 66.8 Å². The minimum absolute atomic E-state index is 0.0980. The van der Waals surface area contributed by atoms with Gasteiger partial charge in [-0.15, -0.1) is 0 Å². The molecule has 0 fully saturated rings. The minimum Gasteiger partial charge on any atom is -0.310 e. The lowest BCUT2D eigenvalue weighted by atomic mass is 9.78. The molecule has 0 heterocycles. The Morgan fingerprint density at radius 1 is 0.292 bits per heavy atom. The molecule has 1 nitrogen and oxygen atoms in total. The molecule has 310 valence electrons. The summed E-state index contributed by atoms with van der Waals surface area (Å²) in [5.74, 6) is 0. The Balaban J connectivity index is 0.913. The van der Waals surface area contributed by atoms with Crippen molar-refractivity contribution >= 4 is 27.8 Å². The van der Waals surface area contributed by atoms with Crippen molar-refractivity contribution in [3.63, 3.8) is 0 Å². The van der Waals surface area contributed by atoms with Crippen molar-refractivity contribution < 1.29 is 0 Å². The van der Waals surface area contributed by atoms with Crippen LogP contribution >= 0.6 is 0 Å². The van der Waals surface area contributed by atoms with E-state index < -0.39 is 0 Å². The van der Waals surface area contributed by atoms with E-state index in [1.807, 2.05) is 0 Å². The first-order valence-corrected chi connectivity index (χ1v) is 22.9. The third-order valence-corrected chi connectivity index (χ3v) is 14.5. The highest BCUT2D eigenvalue weighted by molar-refractivity contribution is 6.05. The van der Waals surface area contributed by atoms with Gasteiger partial charge >= 0.3 is 0 Å². The summed E-state index contributed by atoms with van der Waals surface area (Å²) in [6.07, 6.45) is 0. The van der Waals surface area contributed by atoms with Gasteiger partial charge in [0.2, 0.25) is 0 Å². The zero-order valence-electron chi connectivity index (χ0n) is 37.3. The van der Waals surface area contributed by atoms with Crippen LogP contribution in [0.4, 0.5) is 17.1 Å². The van der Waals surface area contributed by atoms with Gasteiger partial charge in [0.05, 0.1) is 0 Å². The predicted octanol–water partition coefficient (Wildman–Crippen LogP) is 17.6. The van der Waals surface area contributed by atoms with Gasteiger partial charge < -0.3 is 4.90 Å². The number of hydrogen-bond acceptors (Lipinski definition) is 1. The first-order valence-electron chi connectivity index (χ1n) is 22.9. The summed E-state index contributed by atoms with van der Waals surface area (Å²) in [6, 6.07) is 83.1. The van der Waals surface area contributed by atoms with Crippen LogP contribution in [-0.2, 0) is 10.8 Å². The molecule has 65 heavy (non-hydrogen) atoms. The summed E-state index contributed by atoms with van der Waals surface area (Å²) in [4.78, 5) is 2.41. The summed E-state index contributed by atoms with van der Waals surface area (Å²) in [6.45, 7) is 9.52. The second kappa shape index (κ2) is 14.9. The van der Waals surface area contributed by atoms with Crippen molar-refractivity contribution in [2.45, 2.75) is 38.5 Å². The van der Waals surface area contributed by atoms with E-state index in [1.54, 1.807) is 0 Å². The van der Waals surface area contributed by atoms with E-state index in [-0.39, 0.29) is 10.8 Å². The van der Waals surface area contributed by atoms with Crippen LogP contribution in [0.15, 0.2) is 224 Å². The number of benzene rings is 10. The lowest BCUT2D eigenvalue weighted by molar-refractivity contribution is 0.660. The van der Waals surface area contributed by atoms with Crippen molar-refractivity contribution in [2.75, 3.05) is 4.90 Å². The topological polar surface area (TPSA) is 3.24 Å². The maximum Gasteiger partial charge on any atom is 0.0465 e. The van der Waals surface area contributed by atoms with Crippen LogP contribution in [-0.4, -0.2) is 0 Å². The highest BCUT2D eigenvalue weighted by atomic mass is 15.1. The molecule has 0 N–H and O–H groups in total. The Morgan fingerprint density at radius 3 is 1.42 bits per heavy atom. The zero-order valence-corrected chi connectivity index (χ0v) is 37.3. The van der Waals surface area contributed by atoms with Crippen LogP contribution in [0.3, 0.4) is 0 Å². The van der Waals surface area contributed by atoms with Gasteiger partial charge in [0.1, 0.15) is 0 Å². The first kappa shape index (κ1) is 38.9. The number of nitrogens with zero attached hydrogens (tertiary/aromatic N) is 1. The molecule has 0 bridgehead atoms. The number of fused-ring (bicyclic) bond motifs is 8. The van der Waals surface area contributed by atoms with Gasteiger partial charge in [-0.25, -0.2) is 0 Å². The van der Waals surface area contributed by atoms with E-state index in [2.05, 4.69) is 257 Å². The molecule has 0 saturated heterocycles. The van der Waals surface area contributed by atoms with Gasteiger partial charge in [0.15, 0.2) is 0 Å². The Labute approximate surface area is 383 Å². The Kier molecular flexibility index (Phi) is 8.94. The van der Waals surface area contributed by atoms with Crippen molar-refractivity contribution in [1.82, 2.24) is 0 Å². The van der Waals surface area contributed by atoms with Crippen molar-refractivity contribution in [2.24, 2.45) is 0 Å². The van der Waals surface area contributed by atoms with E-state index in [0.717, 1.165) is 17.1 Å². The highest BCUT2D eigenvalue weighted by Crippen LogP contribution is 2.56. The van der Waals surface area contributed by atoms with E-state index in [0.29, 0.717) is 0 Å². The van der Waals surface area contributed by atoms with Crippen LogP contribution in [0, 0.1) is 0 Å². The van der Waals surface area contributed by atoms with E-state index in [1.165, 1.54) is 99.8 Å². The van der Waals surface area contributed by atoms with Gasteiger partial charge in [0.25, 0.3) is 0 Å². The van der Waals surface area contributed by atoms with Gasteiger partial charge in [0, 0.05) is 27.9 Å². The molecule has 0 aliphatic heterocycles. The lowest BCUT2D eigenvalue weighted by Crippen LogP contribution is -2.16. The molecule has 12 rings (SSSR count). The molecule has 0 unspecified atom stereocenters. The number of rotatable bonds is 7. The fourth-order valence-electron chi connectivity index (χ4n) is 11.1. The normalized spacial score (nSPS) is 13.8. The molecule has 1 heteroatoms. The largest absolute Gasteiger partial charge is 0.310 e. The van der Waals surface area contributed by atoms with Crippen LogP contribution in [0.2, 0.25) is 0 Å². The molecule has 10 aromatic carbocycles. The molecule has 0 spiro atoms. The average Bonchev–Trinajstić information content (AvgIpc) is 3.74. The summed E-state index contributed by atoms with van der Waals surface area (Å²) >= 11 is 0. The van der Waals surface area contributed by atoms with Crippen LogP contribution in [0.5, 0.6) is 0 Å². The van der Waals surface area contributed by atoms with Gasteiger partial charge in [-0.1, -0.05) is 204 Å². The highest BCUT2D eigenvalue weighted by Gasteiger charge is 2.39. The summed E-state index contributed by atoms with van der Waals surface area (Å²) in [5.41, 5.74) is 23.9. The molecule has 0 saturated carbocycles. The van der Waals surface area contributed by atoms with E-state index >= 15 is 0 Å². The average molecular weight is 832 g/mol. The molecule has 2 aliphatic carbocycles. The molecule has 2 aliphatic rings. The Bertz CT molecular complexity index is 3430. The smallest absolute Gasteiger partial charge is 0.0465 e. The Morgan fingerprint density at radius 2 is 0.754 bits per heavy atom. The molecular formula is C64H49N. The van der Waals surface area contributed by atoms with E-state index in [9.17, 15) is 0 Å². The minimum atomic E-state index is -0.161. The lowest BCUT2D eigenvalue weighted by Gasteiger charge is -2.28. The second-order valence-electron chi connectivity index (χ2n) is 18.9. The van der Waals surface area contributed by atoms with Crippen LogP contribution < -0.4 is 4.90 Å². The van der Waals surface area contributed by atoms with Crippen LogP contribution in [0.25, 0.3) is 77.5 Å². The van der Waals surface area contributed by atoms with Crippen molar-refractivity contribution in [3.05, 3.63) is 247 Å². The fraction of sp³-hybridized carbons (Fsp3) is 0.0938. The van der Waals surface area contributed by atoms with Gasteiger partial charge in [-0.2, -0.15) is 0 Å². The standard InChI is InChI=1S/C64H49N/c1-63(2)58-22-14-13-21-54(58)55-38-36-52(41-60(55)63)65(50-32-27-45(28-33-50)42-15-7-5-8-16-42)51-34-29-46(30-35-51)44-23-25-47(26-24-44)57-39-49-19-11-12-20-53(49)62-61(57)56-37-31-48(40-59(56)64(62,3)4)43-17-9-6-10-18-43/h5-41H,1-4H3. The SMILES string of the molecule is CC1(C)c2ccccc2-c2ccc(N(c3ccc(-c4ccccc4)cc3)c3ccc(-c4ccc(-c5cc6ccccc6c6c5-c5ccc(-c7ccccc7)cc5C6(C)C)cc4)cc3)cc21. The monoisotopic (exact) mass is 831 g/mol.